The number of halogens is 1. The van der Waals surface area contributed by atoms with Crippen molar-refractivity contribution >= 4 is 17.4 Å². The van der Waals surface area contributed by atoms with E-state index in [1.165, 1.54) is 0 Å². The van der Waals surface area contributed by atoms with Gasteiger partial charge in [0.25, 0.3) is 0 Å². The molecule has 0 fully saturated rings. The highest BCUT2D eigenvalue weighted by atomic mass is 35.5. The zero-order chi connectivity index (χ0) is 13.0. The second kappa shape index (κ2) is 5.80. The van der Waals surface area contributed by atoms with Gasteiger partial charge in [0, 0.05) is 23.6 Å². The normalized spacial score (nSPS) is 10.3. The molecule has 2 rings (SSSR count). The lowest BCUT2D eigenvalue weighted by Crippen LogP contribution is -2.04. The van der Waals surface area contributed by atoms with Gasteiger partial charge in [0.05, 0.1) is 0 Å². The van der Waals surface area contributed by atoms with E-state index >= 15 is 0 Å². The van der Waals surface area contributed by atoms with E-state index in [0.29, 0.717) is 23.6 Å². The van der Waals surface area contributed by atoms with E-state index in [1.54, 1.807) is 12.1 Å². The van der Waals surface area contributed by atoms with Crippen molar-refractivity contribution in [2.45, 2.75) is 13.0 Å². The summed E-state index contributed by atoms with van der Waals surface area (Å²) in [4.78, 5) is 12.0. The second-order valence-corrected chi connectivity index (χ2v) is 4.56. The first kappa shape index (κ1) is 12.8. The molecule has 18 heavy (non-hydrogen) atoms. The van der Waals surface area contributed by atoms with E-state index in [9.17, 15) is 4.79 Å². The molecule has 0 aliphatic rings. The predicted molar refractivity (Wildman–Crippen MR) is 73.8 cm³/mol. The average molecular weight is 260 g/mol. The van der Waals surface area contributed by atoms with Crippen LogP contribution in [0, 0.1) is 0 Å². The fourth-order valence-corrected chi connectivity index (χ4v) is 1.84. The zero-order valence-corrected chi connectivity index (χ0v) is 10.7. The Morgan fingerprint density at radius 2 is 1.50 bits per heavy atom. The molecule has 2 aromatic rings. The van der Waals surface area contributed by atoms with Gasteiger partial charge in [-0.1, -0.05) is 48.0 Å². The molecule has 0 saturated heterocycles. The molecule has 0 amide bonds. The summed E-state index contributed by atoms with van der Waals surface area (Å²) >= 11 is 5.80. The van der Waals surface area contributed by atoms with Gasteiger partial charge in [0.15, 0.2) is 5.78 Å². The van der Waals surface area contributed by atoms with E-state index in [0.717, 1.165) is 11.1 Å². The molecule has 2 nitrogen and oxygen atoms in total. The number of Topliss-reactive ketones (excluding diaryl/α,β-unsaturated/α-hetero) is 1. The maximum Gasteiger partial charge on any atom is 0.167 e. The maximum atomic E-state index is 12.0. The minimum atomic E-state index is 0.0980. The molecular weight excluding hydrogens is 246 g/mol. The van der Waals surface area contributed by atoms with Gasteiger partial charge in [-0.15, -0.1) is 0 Å². The fourth-order valence-electron chi connectivity index (χ4n) is 1.72. The third-order valence-electron chi connectivity index (χ3n) is 2.79. The Labute approximate surface area is 111 Å². The number of ketones is 1. The summed E-state index contributed by atoms with van der Waals surface area (Å²) in [7, 11) is 0. The third-order valence-corrected chi connectivity index (χ3v) is 3.04. The fraction of sp³-hybridized carbons (Fsp3) is 0.133. The van der Waals surface area contributed by atoms with E-state index in [1.807, 2.05) is 36.4 Å². The molecule has 0 bridgehead atoms. The van der Waals surface area contributed by atoms with Crippen molar-refractivity contribution in [3.05, 3.63) is 70.2 Å². The van der Waals surface area contributed by atoms with Crippen LogP contribution in [0.5, 0.6) is 0 Å². The lowest BCUT2D eigenvalue weighted by Gasteiger charge is -2.03. The first-order valence-corrected chi connectivity index (χ1v) is 6.13. The summed E-state index contributed by atoms with van der Waals surface area (Å²) in [5.41, 5.74) is 8.22. The smallest absolute Gasteiger partial charge is 0.167 e. The van der Waals surface area contributed by atoms with Crippen molar-refractivity contribution in [1.29, 1.82) is 0 Å². The minimum absolute atomic E-state index is 0.0980. The number of hydrogen-bond donors (Lipinski definition) is 1. The highest BCUT2D eigenvalue weighted by Crippen LogP contribution is 2.13. The molecule has 0 aromatic heterocycles. The molecule has 92 valence electrons. The van der Waals surface area contributed by atoms with Crippen LogP contribution in [-0.2, 0) is 13.0 Å². The van der Waals surface area contributed by atoms with Crippen LogP contribution < -0.4 is 5.73 Å². The number of benzene rings is 2. The zero-order valence-electron chi connectivity index (χ0n) is 9.90. The highest BCUT2D eigenvalue weighted by molar-refractivity contribution is 6.30. The Kier molecular flexibility index (Phi) is 4.13. The summed E-state index contributed by atoms with van der Waals surface area (Å²) in [6, 6.07) is 14.7. The third kappa shape index (κ3) is 3.19. The van der Waals surface area contributed by atoms with Crippen molar-refractivity contribution < 1.29 is 4.79 Å². The van der Waals surface area contributed by atoms with Crippen molar-refractivity contribution in [3.63, 3.8) is 0 Å². The highest BCUT2D eigenvalue weighted by Gasteiger charge is 2.06. The van der Waals surface area contributed by atoms with E-state index in [-0.39, 0.29) is 5.78 Å². The van der Waals surface area contributed by atoms with Gasteiger partial charge in [-0.3, -0.25) is 4.79 Å². The lowest BCUT2D eigenvalue weighted by atomic mass is 10.0. The molecule has 2 aromatic carbocycles. The molecule has 0 unspecified atom stereocenters. The monoisotopic (exact) mass is 259 g/mol. The molecular formula is C15H14ClNO. The molecule has 0 radical (unpaired) electrons. The van der Waals surface area contributed by atoms with Gasteiger partial charge in [-0.2, -0.15) is 0 Å². The molecule has 0 aliphatic carbocycles. The van der Waals surface area contributed by atoms with E-state index in [4.69, 9.17) is 17.3 Å². The summed E-state index contributed by atoms with van der Waals surface area (Å²) in [5.74, 6) is 0.0980. The summed E-state index contributed by atoms with van der Waals surface area (Å²) in [5, 5.41) is 0.679. The van der Waals surface area contributed by atoms with Crippen molar-refractivity contribution in [2.24, 2.45) is 5.73 Å². The van der Waals surface area contributed by atoms with Crippen LogP contribution in [0.3, 0.4) is 0 Å². The summed E-state index contributed by atoms with van der Waals surface area (Å²) in [6.45, 7) is 0.492. The SMILES string of the molecule is NCc1ccc(C(=O)Cc2ccc(Cl)cc2)cc1. The van der Waals surface area contributed by atoms with Crippen LogP contribution in [0.4, 0.5) is 0 Å². The number of rotatable bonds is 4. The molecule has 0 aliphatic heterocycles. The van der Waals surface area contributed by atoms with Crippen LogP contribution >= 0.6 is 11.6 Å². The Hall–Kier alpha value is -1.64. The predicted octanol–water partition coefficient (Wildman–Crippen LogP) is 3.22. The summed E-state index contributed by atoms with van der Waals surface area (Å²) < 4.78 is 0. The van der Waals surface area contributed by atoms with Gasteiger partial charge in [0.2, 0.25) is 0 Å². The average Bonchev–Trinajstić information content (AvgIpc) is 2.41. The first-order valence-electron chi connectivity index (χ1n) is 5.75. The molecule has 0 spiro atoms. The molecule has 0 atom stereocenters. The molecule has 2 N–H and O–H groups in total. The van der Waals surface area contributed by atoms with Gasteiger partial charge < -0.3 is 5.73 Å². The topological polar surface area (TPSA) is 43.1 Å². The molecule has 0 saturated carbocycles. The van der Waals surface area contributed by atoms with Crippen molar-refractivity contribution in [2.75, 3.05) is 0 Å². The van der Waals surface area contributed by atoms with Gasteiger partial charge in [-0.25, -0.2) is 0 Å². The van der Waals surface area contributed by atoms with E-state index in [2.05, 4.69) is 0 Å². The quantitative estimate of drug-likeness (QED) is 0.857. The Morgan fingerprint density at radius 1 is 0.944 bits per heavy atom. The van der Waals surface area contributed by atoms with Gasteiger partial charge in [0.1, 0.15) is 0 Å². The first-order chi connectivity index (χ1) is 8.69. The number of carbonyl (C=O) groups is 1. The van der Waals surface area contributed by atoms with Crippen LogP contribution in [-0.4, -0.2) is 5.78 Å². The van der Waals surface area contributed by atoms with Crippen molar-refractivity contribution in [1.82, 2.24) is 0 Å². The largest absolute Gasteiger partial charge is 0.326 e. The standard InChI is InChI=1S/C15H14ClNO/c16-14-7-3-11(4-8-14)9-15(18)13-5-1-12(10-17)2-6-13/h1-8H,9-10,17H2. The second-order valence-electron chi connectivity index (χ2n) is 4.13. The van der Waals surface area contributed by atoms with Gasteiger partial charge in [-0.05, 0) is 23.3 Å². The number of carbonyl (C=O) groups excluding carboxylic acids is 1. The van der Waals surface area contributed by atoms with Crippen molar-refractivity contribution in [3.8, 4) is 0 Å². The lowest BCUT2D eigenvalue weighted by molar-refractivity contribution is 0.0993. The van der Waals surface area contributed by atoms with Crippen LogP contribution in [0.25, 0.3) is 0 Å². The van der Waals surface area contributed by atoms with Gasteiger partial charge >= 0.3 is 0 Å². The van der Waals surface area contributed by atoms with E-state index < -0.39 is 0 Å². The minimum Gasteiger partial charge on any atom is -0.326 e. The maximum absolute atomic E-state index is 12.0. The van der Waals surface area contributed by atoms with Crippen LogP contribution in [0.1, 0.15) is 21.5 Å². The molecule has 3 heteroatoms. The number of hydrogen-bond acceptors (Lipinski definition) is 2. The Balaban J connectivity index is 2.09. The van der Waals surface area contributed by atoms with Crippen LogP contribution in [0.15, 0.2) is 48.5 Å². The summed E-state index contributed by atoms with van der Waals surface area (Å²) in [6.07, 6.45) is 0.388. The Bertz CT molecular complexity index is 531. The molecule has 0 heterocycles. The van der Waals surface area contributed by atoms with Crippen LogP contribution in [0.2, 0.25) is 5.02 Å². The number of nitrogens with two attached hydrogens (primary N) is 1. The Morgan fingerprint density at radius 3 is 2.06 bits per heavy atom.